The molecule has 1 heterocycles. The lowest BCUT2D eigenvalue weighted by Crippen LogP contribution is -2.25. The average Bonchev–Trinajstić information content (AvgIpc) is 2.79. The van der Waals surface area contributed by atoms with Crippen LogP contribution in [0.25, 0.3) is 0 Å². The zero-order valence-corrected chi connectivity index (χ0v) is 12.6. The van der Waals surface area contributed by atoms with Gasteiger partial charge in [0.15, 0.2) is 0 Å². The van der Waals surface area contributed by atoms with Gasteiger partial charge in [0.1, 0.15) is 5.82 Å². The van der Waals surface area contributed by atoms with Gasteiger partial charge in [-0.15, -0.1) is 0 Å². The number of hydrogen-bond acceptors (Lipinski definition) is 2. The number of nitrogens with zero attached hydrogens (tertiary/aromatic N) is 2. The fourth-order valence-corrected chi connectivity index (χ4v) is 2.58. The second-order valence-electron chi connectivity index (χ2n) is 4.43. The van der Waals surface area contributed by atoms with E-state index < -0.39 is 0 Å². The summed E-state index contributed by atoms with van der Waals surface area (Å²) in [5, 5.41) is 7.61. The van der Waals surface area contributed by atoms with Gasteiger partial charge in [-0.1, -0.05) is 22.9 Å². The van der Waals surface area contributed by atoms with Gasteiger partial charge in [0.25, 0.3) is 0 Å². The smallest absolute Gasteiger partial charge is 0.123 e. The highest BCUT2D eigenvalue weighted by Crippen LogP contribution is 2.24. The molecule has 1 aromatic carbocycles. The van der Waals surface area contributed by atoms with Crippen molar-refractivity contribution in [2.24, 2.45) is 7.05 Å². The van der Waals surface area contributed by atoms with Crippen molar-refractivity contribution in [2.75, 3.05) is 6.54 Å². The lowest BCUT2D eigenvalue weighted by Gasteiger charge is -2.19. The Morgan fingerprint density at radius 3 is 2.84 bits per heavy atom. The molecule has 1 unspecified atom stereocenters. The van der Waals surface area contributed by atoms with Crippen LogP contribution in [0.5, 0.6) is 0 Å². The topological polar surface area (TPSA) is 29.9 Å². The highest BCUT2D eigenvalue weighted by molar-refractivity contribution is 9.10. The average molecular weight is 326 g/mol. The number of nitrogens with one attached hydrogen (secondary N) is 1. The minimum atomic E-state index is -0.210. The molecule has 0 aliphatic rings. The number of aromatic nitrogens is 2. The number of aryl methyl sites for hydroxylation is 1. The first kappa shape index (κ1) is 14.2. The Morgan fingerprint density at radius 1 is 1.42 bits per heavy atom. The number of hydrogen-bond donors (Lipinski definition) is 1. The summed E-state index contributed by atoms with van der Waals surface area (Å²) in [6, 6.07) is 6.89. The summed E-state index contributed by atoms with van der Waals surface area (Å²) in [5.41, 5.74) is 2.05. The minimum absolute atomic E-state index is 0.121. The summed E-state index contributed by atoms with van der Waals surface area (Å²) in [7, 11) is 1.92. The Morgan fingerprint density at radius 2 is 2.21 bits per heavy atom. The molecule has 102 valence electrons. The molecule has 0 saturated heterocycles. The van der Waals surface area contributed by atoms with Gasteiger partial charge in [-0.25, -0.2) is 4.39 Å². The molecular weight excluding hydrogens is 309 g/mol. The molecule has 0 bridgehead atoms. The Kier molecular flexibility index (Phi) is 4.71. The van der Waals surface area contributed by atoms with Crippen molar-refractivity contribution < 1.29 is 4.39 Å². The van der Waals surface area contributed by atoms with Crippen LogP contribution in [0.2, 0.25) is 0 Å². The van der Waals surface area contributed by atoms with E-state index in [2.05, 4.69) is 33.3 Å². The van der Waals surface area contributed by atoms with Crippen molar-refractivity contribution in [3.05, 3.63) is 52.0 Å². The van der Waals surface area contributed by atoms with Gasteiger partial charge >= 0.3 is 0 Å². The highest BCUT2D eigenvalue weighted by Gasteiger charge is 2.16. The summed E-state index contributed by atoms with van der Waals surface area (Å²) in [6.45, 7) is 2.91. The third-order valence-electron chi connectivity index (χ3n) is 3.10. The maximum absolute atomic E-state index is 13.3. The maximum Gasteiger partial charge on any atom is 0.123 e. The molecule has 1 N–H and O–H groups in total. The van der Waals surface area contributed by atoms with E-state index in [1.807, 2.05) is 17.8 Å². The fraction of sp³-hybridized carbons (Fsp3) is 0.357. The summed E-state index contributed by atoms with van der Waals surface area (Å²) >= 11 is 3.47. The van der Waals surface area contributed by atoms with Crippen LogP contribution < -0.4 is 5.32 Å². The second-order valence-corrected chi connectivity index (χ2v) is 5.28. The van der Waals surface area contributed by atoms with Gasteiger partial charge in [0, 0.05) is 17.7 Å². The number of benzene rings is 1. The third-order valence-corrected chi connectivity index (χ3v) is 3.87. The first-order valence-electron chi connectivity index (χ1n) is 6.27. The quantitative estimate of drug-likeness (QED) is 0.914. The molecule has 2 rings (SSSR count). The van der Waals surface area contributed by atoms with Crippen molar-refractivity contribution >= 4 is 15.9 Å². The van der Waals surface area contributed by atoms with Crippen LogP contribution >= 0.6 is 15.9 Å². The summed E-state index contributed by atoms with van der Waals surface area (Å²) < 4.78 is 16.1. The van der Waals surface area contributed by atoms with Crippen molar-refractivity contribution in [3.63, 3.8) is 0 Å². The normalized spacial score (nSPS) is 12.6. The Balaban J connectivity index is 2.26. The Bertz CT molecular complexity index is 553. The van der Waals surface area contributed by atoms with Gasteiger partial charge < -0.3 is 5.32 Å². The van der Waals surface area contributed by atoms with Crippen molar-refractivity contribution in [3.8, 4) is 0 Å². The number of rotatable bonds is 5. The SMILES string of the molecule is CCNC(Cc1cc(F)ccc1Br)c1ccnn1C. The molecule has 3 nitrogen and oxygen atoms in total. The fourth-order valence-electron chi connectivity index (χ4n) is 2.17. The predicted octanol–water partition coefficient (Wildman–Crippen LogP) is 3.22. The van der Waals surface area contributed by atoms with Crippen LogP contribution in [-0.4, -0.2) is 16.3 Å². The molecule has 5 heteroatoms. The van der Waals surface area contributed by atoms with Crippen molar-refractivity contribution in [2.45, 2.75) is 19.4 Å². The molecule has 0 fully saturated rings. The van der Waals surface area contributed by atoms with Crippen LogP contribution in [0.4, 0.5) is 4.39 Å². The van der Waals surface area contributed by atoms with Gasteiger partial charge in [-0.05, 0) is 42.8 Å². The molecule has 19 heavy (non-hydrogen) atoms. The molecule has 1 atom stereocenters. The van der Waals surface area contributed by atoms with Gasteiger partial charge in [0.05, 0.1) is 11.7 Å². The van der Waals surface area contributed by atoms with E-state index in [-0.39, 0.29) is 11.9 Å². The molecule has 0 aliphatic heterocycles. The Hall–Kier alpha value is -1.20. The van der Waals surface area contributed by atoms with Crippen molar-refractivity contribution in [1.82, 2.24) is 15.1 Å². The molecule has 0 radical (unpaired) electrons. The summed E-state index contributed by atoms with van der Waals surface area (Å²) in [4.78, 5) is 0. The van der Waals surface area contributed by atoms with E-state index in [4.69, 9.17) is 0 Å². The maximum atomic E-state index is 13.3. The van der Waals surface area contributed by atoms with Crippen LogP contribution in [0.15, 0.2) is 34.9 Å². The van der Waals surface area contributed by atoms with Crippen LogP contribution in [0.1, 0.15) is 24.2 Å². The van der Waals surface area contributed by atoms with Crippen LogP contribution in [0, 0.1) is 5.82 Å². The van der Waals surface area contributed by atoms with E-state index in [0.717, 1.165) is 22.3 Å². The number of halogens is 2. The minimum Gasteiger partial charge on any atom is -0.309 e. The molecule has 0 amide bonds. The first-order chi connectivity index (χ1) is 9.11. The largest absolute Gasteiger partial charge is 0.309 e. The van der Waals surface area contributed by atoms with E-state index >= 15 is 0 Å². The first-order valence-corrected chi connectivity index (χ1v) is 7.06. The van der Waals surface area contributed by atoms with Crippen LogP contribution in [0.3, 0.4) is 0 Å². The lowest BCUT2D eigenvalue weighted by molar-refractivity contribution is 0.505. The van der Waals surface area contributed by atoms with Gasteiger partial charge in [-0.2, -0.15) is 5.10 Å². The lowest BCUT2D eigenvalue weighted by atomic mass is 10.0. The molecular formula is C14H17BrFN3. The zero-order valence-electron chi connectivity index (χ0n) is 11.0. The molecule has 0 spiro atoms. The molecule has 0 saturated carbocycles. The van der Waals surface area contributed by atoms with E-state index in [1.165, 1.54) is 6.07 Å². The molecule has 2 aromatic rings. The standard InChI is InChI=1S/C14H17BrFN3/c1-3-17-13(14-6-7-18-19(14)2)9-10-8-11(16)4-5-12(10)15/h4-8,13,17H,3,9H2,1-2H3. The third kappa shape index (κ3) is 3.42. The molecule has 0 aliphatic carbocycles. The van der Waals surface area contributed by atoms with Gasteiger partial charge in [-0.3, -0.25) is 4.68 Å². The van der Waals surface area contributed by atoms with Crippen LogP contribution in [-0.2, 0) is 13.5 Å². The zero-order chi connectivity index (χ0) is 13.8. The number of likely N-dealkylation sites (N-methyl/N-ethyl adjacent to an activating group) is 1. The predicted molar refractivity (Wildman–Crippen MR) is 77.4 cm³/mol. The van der Waals surface area contributed by atoms with Crippen molar-refractivity contribution in [1.29, 1.82) is 0 Å². The molecule has 1 aromatic heterocycles. The van der Waals surface area contributed by atoms with E-state index in [9.17, 15) is 4.39 Å². The highest BCUT2D eigenvalue weighted by atomic mass is 79.9. The Labute approximate surface area is 121 Å². The monoisotopic (exact) mass is 325 g/mol. The summed E-state index contributed by atoms with van der Waals surface area (Å²) in [5.74, 6) is -0.210. The summed E-state index contributed by atoms with van der Waals surface area (Å²) in [6.07, 6.45) is 2.49. The van der Waals surface area contributed by atoms with E-state index in [0.29, 0.717) is 6.42 Å². The van der Waals surface area contributed by atoms with E-state index in [1.54, 1.807) is 18.3 Å². The second kappa shape index (κ2) is 6.30. The van der Waals surface area contributed by atoms with Gasteiger partial charge in [0.2, 0.25) is 0 Å².